The maximum absolute atomic E-state index is 12.5. The lowest BCUT2D eigenvalue weighted by molar-refractivity contribution is 0.0807. The average molecular weight is 418 g/mol. The Morgan fingerprint density at radius 2 is 1.87 bits per heavy atom. The van der Waals surface area contributed by atoms with Crippen molar-refractivity contribution in [3.05, 3.63) is 23.3 Å². The van der Waals surface area contributed by atoms with Crippen LogP contribution in [0, 0.1) is 17.8 Å². The number of nitrogens with one attached hydrogen (secondary N) is 2. The maximum atomic E-state index is 12.5. The molecule has 0 aliphatic heterocycles. The summed E-state index contributed by atoms with van der Waals surface area (Å²) in [7, 11) is 3.23. The Morgan fingerprint density at radius 1 is 1.20 bits per heavy atom. The van der Waals surface area contributed by atoms with Crippen molar-refractivity contribution in [1.29, 1.82) is 0 Å². The molecule has 7 heteroatoms. The van der Waals surface area contributed by atoms with Gasteiger partial charge < -0.3 is 20.1 Å². The highest BCUT2D eigenvalue weighted by Crippen LogP contribution is 2.46. The van der Waals surface area contributed by atoms with Gasteiger partial charge in [-0.15, -0.1) is 0 Å². The van der Waals surface area contributed by atoms with Gasteiger partial charge >= 0.3 is 6.03 Å². The minimum Gasteiger partial charge on any atom is -0.493 e. The lowest BCUT2D eigenvalue weighted by Gasteiger charge is -2.46. The molecule has 7 nitrogen and oxygen atoms in total. The highest BCUT2D eigenvalue weighted by Gasteiger charge is 2.41. The van der Waals surface area contributed by atoms with Crippen LogP contribution in [0.5, 0.6) is 11.5 Å². The van der Waals surface area contributed by atoms with Crippen molar-refractivity contribution in [3.63, 3.8) is 0 Å². The maximum Gasteiger partial charge on any atom is 0.315 e. The summed E-state index contributed by atoms with van der Waals surface area (Å²) in [5.74, 6) is 1.38. The molecule has 0 aromatic heterocycles. The van der Waals surface area contributed by atoms with Crippen molar-refractivity contribution in [3.8, 4) is 11.5 Å². The zero-order valence-electron chi connectivity index (χ0n) is 19.1. The average Bonchev–Trinajstić information content (AvgIpc) is 2.65. The number of nitrogens with zero attached hydrogens (tertiary/aromatic N) is 1. The Balaban J connectivity index is 1.92. The normalized spacial score (nSPS) is 22.5. The topological polar surface area (TPSA) is 89.0 Å². The molecular weight excluding hydrogens is 382 g/mol. The lowest BCUT2D eigenvalue weighted by Crippen LogP contribution is -2.50. The highest BCUT2D eigenvalue weighted by atomic mass is 16.5. The fourth-order valence-corrected chi connectivity index (χ4v) is 4.92. The Morgan fingerprint density at radius 3 is 2.50 bits per heavy atom. The standard InChI is InChI=1S/C23H35N3O4/c1-16-9-19(29-5)20(30-6)10-17(16)7-8-25-21(28)26-18-11-22(2,3)13-23(4,12-18)14-24-15-27/h9-10,18H,7-8,11-14H2,1-6H3,(H2,25,26,28). The van der Waals surface area contributed by atoms with Gasteiger partial charge in [0.15, 0.2) is 11.5 Å². The van der Waals surface area contributed by atoms with E-state index in [9.17, 15) is 9.59 Å². The molecule has 0 bridgehead atoms. The number of carbonyl (C=O) groups excluding carboxylic acids is 2. The summed E-state index contributed by atoms with van der Waals surface area (Å²) >= 11 is 0. The number of aryl methyl sites for hydroxylation is 1. The first kappa shape index (κ1) is 23.7. The smallest absolute Gasteiger partial charge is 0.315 e. The first-order chi connectivity index (χ1) is 14.1. The molecule has 1 aromatic rings. The van der Waals surface area contributed by atoms with Gasteiger partial charge in [-0.25, -0.2) is 14.6 Å². The van der Waals surface area contributed by atoms with Gasteiger partial charge in [0.1, 0.15) is 0 Å². The molecular formula is C23H35N3O4. The molecule has 166 valence electrons. The fraction of sp³-hybridized carbons (Fsp3) is 0.652. The van der Waals surface area contributed by atoms with Crippen LogP contribution in [0.2, 0.25) is 0 Å². The lowest BCUT2D eigenvalue weighted by atomic mass is 9.62. The number of isocyanates is 1. The molecule has 2 amide bonds. The van der Waals surface area contributed by atoms with Crippen LogP contribution >= 0.6 is 0 Å². The number of aliphatic imine (C=N–C) groups is 1. The summed E-state index contributed by atoms with van der Waals surface area (Å²) in [6.07, 6.45) is 5.00. The van der Waals surface area contributed by atoms with Crippen LogP contribution in [0.15, 0.2) is 17.1 Å². The first-order valence-corrected chi connectivity index (χ1v) is 10.4. The molecule has 1 aromatic carbocycles. The minimum atomic E-state index is -0.169. The number of rotatable bonds is 8. The van der Waals surface area contributed by atoms with E-state index in [0.29, 0.717) is 31.0 Å². The molecule has 1 fully saturated rings. The summed E-state index contributed by atoms with van der Waals surface area (Å²) in [4.78, 5) is 26.9. The molecule has 0 saturated heterocycles. The van der Waals surface area contributed by atoms with Crippen LogP contribution in [-0.4, -0.2) is 45.5 Å². The van der Waals surface area contributed by atoms with E-state index in [0.717, 1.165) is 30.4 Å². The molecule has 2 atom stereocenters. The van der Waals surface area contributed by atoms with Crippen molar-refractivity contribution in [2.75, 3.05) is 27.3 Å². The van der Waals surface area contributed by atoms with Crippen LogP contribution in [0.25, 0.3) is 0 Å². The Kier molecular flexibility index (Phi) is 7.90. The summed E-state index contributed by atoms with van der Waals surface area (Å²) in [6, 6.07) is 3.78. The number of hydrogen-bond acceptors (Lipinski definition) is 5. The van der Waals surface area contributed by atoms with Crippen LogP contribution in [0.4, 0.5) is 4.79 Å². The van der Waals surface area contributed by atoms with Gasteiger partial charge in [0.25, 0.3) is 0 Å². The van der Waals surface area contributed by atoms with Crippen LogP contribution in [-0.2, 0) is 11.2 Å². The zero-order valence-corrected chi connectivity index (χ0v) is 19.1. The van der Waals surface area contributed by atoms with Gasteiger partial charge in [0.05, 0.1) is 20.8 Å². The van der Waals surface area contributed by atoms with Crippen LogP contribution in [0.1, 0.15) is 51.2 Å². The molecule has 0 heterocycles. The van der Waals surface area contributed by atoms with Crippen molar-refractivity contribution >= 4 is 12.1 Å². The van der Waals surface area contributed by atoms with Crippen molar-refractivity contribution < 1.29 is 19.1 Å². The van der Waals surface area contributed by atoms with Crippen LogP contribution in [0.3, 0.4) is 0 Å². The predicted octanol–water partition coefficient (Wildman–Crippen LogP) is 3.77. The molecule has 1 aliphatic carbocycles. The van der Waals surface area contributed by atoms with Gasteiger partial charge in [-0.3, -0.25) is 0 Å². The van der Waals surface area contributed by atoms with Gasteiger partial charge in [0, 0.05) is 12.6 Å². The number of amides is 2. The number of methoxy groups -OCH3 is 2. The number of carbonyl (C=O) groups is 1. The van der Waals surface area contributed by atoms with E-state index >= 15 is 0 Å². The molecule has 1 aliphatic rings. The quantitative estimate of drug-likeness (QED) is 0.498. The molecule has 0 radical (unpaired) electrons. The minimum absolute atomic E-state index is 0.0448. The van der Waals surface area contributed by atoms with E-state index in [4.69, 9.17) is 9.47 Å². The van der Waals surface area contributed by atoms with E-state index in [1.54, 1.807) is 20.3 Å². The molecule has 2 unspecified atom stereocenters. The summed E-state index contributed by atoms with van der Waals surface area (Å²) in [5, 5.41) is 6.07. The van der Waals surface area contributed by atoms with E-state index in [1.165, 1.54) is 0 Å². The van der Waals surface area contributed by atoms with E-state index in [2.05, 4.69) is 36.4 Å². The third-order valence-electron chi connectivity index (χ3n) is 5.83. The second-order valence-electron chi connectivity index (χ2n) is 9.45. The Hall–Kier alpha value is -2.53. The number of hydrogen-bond donors (Lipinski definition) is 2. The number of ether oxygens (including phenoxy) is 2. The van der Waals surface area contributed by atoms with E-state index in [-0.39, 0.29) is 22.9 Å². The summed E-state index contributed by atoms with van der Waals surface area (Å²) in [5.41, 5.74) is 2.15. The van der Waals surface area contributed by atoms with Crippen molar-refractivity contribution in [1.82, 2.24) is 10.6 Å². The molecule has 0 spiro atoms. The van der Waals surface area contributed by atoms with Crippen LogP contribution < -0.4 is 20.1 Å². The van der Waals surface area contributed by atoms with Gasteiger partial charge in [0.2, 0.25) is 6.08 Å². The number of benzene rings is 1. The van der Waals surface area contributed by atoms with E-state index in [1.807, 2.05) is 19.1 Å². The van der Waals surface area contributed by atoms with Gasteiger partial charge in [-0.2, -0.15) is 0 Å². The number of urea groups is 1. The third-order valence-corrected chi connectivity index (χ3v) is 5.83. The predicted molar refractivity (Wildman–Crippen MR) is 117 cm³/mol. The summed E-state index contributed by atoms with van der Waals surface area (Å²) in [6.45, 7) is 9.50. The Bertz CT molecular complexity index is 802. The highest BCUT2D eigenvalue weighted by molar-refractivity contribution is 5.74. The second-order valence-corrected chi connectivity index (χ2v) is 9.45. The monoisotopic (exact) mass is 417 g/mol. The Labute approximate surface area is 179 Å². The molecule has 2 N–H and O–H groups in total. The van der Waals surface area contributed by atoms with Gasteiger partial charge in [-0.1, -0.05) is 20.8 Å². The SMILES string of the molecule is COc1cc(C)c(CCNC(=O)NC2CC(C)(C)CC(C)(CN=C=O)C2)cc1OC. The van der Waals surface area contributed by atoms with Gasteiger partial charge in [-0.05, 0) is 66.7 Å². The van der Waals surface area contributed by atoms with Crippen molar-refractivity contribution in [2.24, 2.45) is 15.8 Å². The molecule has 30 heavy (non-hydrogen) atoms. The largest absolute Gasteiger partial charge is 0.493 e. The van der Waals surface area contributed by atoms with Crippen molar-refractivity contribution in [2.45, 2.75) is 59.4 Å². The first-order valence-electron chi connectivity index (χ1n) is 10.4. The third kappa shape index (κ3) is 6.49. The second kappa shape index (κ2) is 9.98. The molecule has 1 saturated carbocycles. The fourth-order valence-electron chi connectivity index (χ4n) is 4.92. The molecule has 2 rings (SSSR count). The summed E-state index contributed by atoms with van der Waals surface area (Å²) < 4.78 is 10.7. The zero-order chi connectivity index (χ0) is 22.4. The van der Waals surface area contributed by atoms with E-state index < -0.39 is 0 Å².